The van der Waals surface area contributed by atoms with E-state index in [1.54, 1.807) is 0 Å². The van der Waals surface area contributed by atoms with Crippen molar-refractivity contribution in [3.8, 4) is 17.1 Å². The molecule has 0 N–H and O–H groups in total. The molecule has 0 aliphatic carbocycles. The molecule has 0 saturated carbocycles. The first-order chi connectivity index (χ1) is 21.8. The Morgan fingerprint density at radius 3 is 1.98 bits per heavy atom. The molecule has 4 heteroatoms. The van der Waals surface area contributed by atoms with Crippen LogP contribution in [0.15, 0.2) is 144 Å². The van der Waals surface area contributed by atoms with Crippen LogP contribution in [0.25, 0.3) is 93.4 Å². The molecule has 0 bridgehead atoms. The SMILES string of the molecule is c1ccc2cc3c(cc2c1)c1ccc2ccccc2c1n3-c1nc2ccccc2nc1-c1ccc2c(c1)oc1ccccc12. The van der Waals surface area contributed by atoms with Crippen molar-refractivity contribution in [2.45, 2.75) is 0 Å². The van der Waals surface area contributed by atoms with Crippen molar-refractivity contribution in [3.05, 3.63) is 140 Å². The molecule has 0 radical (unpaired) electrons. The lowest BCUT2D eigenvalue weighted by molar-refractivity contribution is 0.669. The normalized spacial score (nSPS) is 12.1. The van der Waals surface area contributed by atoms with Gasteiger partial charge >= 0.3 is 0 Å². The van der Waals surface area contributed by atoms with Gasteiger partial charge in [0.25, 0.3) is 0 Å². The Bertz CT molecular complexity index is 2790. The van der Waals surface area contributed by atoms with E-state index in [0.29, 0.717) is 0 Å². The standard InChI is InChI=1S/C40H23N3O/c1-2-11-26-22-35-32(21-25(26)10-1)31-20-17-24-9-3-4-12-28(24)39(31)43(35)40-38(41-33-14-6-7-15-34(33)42-40)27-18-19-30-29-13-5-8-16-36(29)44-37(30)23-27/h1-23H. The summed E-state index contributed by atoms with van der Waals surface area (Å²) in [6.45, 7) is 0. The van der Waals surface area contributed by atoms with Gasteiger partial charge in [0, 0.05) is 32.5 Å². The van der Waals surface area contributed by atoms with Gasteiger partial charge in [0.05, 0.1) is 22.1 Å². The molecule has 0 atom stereocenters. The van der Waals surface area contributed by atoms with E-state index >= 15 is 0 Å². The lowest BCUT2D eigenvalue weighted by Gasteiger charge is -2.15. The molecule has 4 nitrogen and oxygen atoms in total. The van der Waals surface area contributed by atoms with Crippen LogP contribution in [0.5, 0.6) is 0 Å². The Balaban J connectivity index is 1.38. The van der Waals surface area contributed by atoms with Crippen molar-refractivity contribution in [1.29, 1.82) is 0 Å². The van der Waals surface area contributed by atoms with E-state index in [4.69, 9.17) is 14.4 Å². The predicted octanol–water partition coefficient (Wildman–Crippen LogP) is 10.6. The number of rotatable bonds is 2. The second kappa shape index (κ2) is 8.76. The molecule has 7 aromatic carbocycles. The van der Waals surface area contributed by atoms with Crippen molar-refractivity contribution < 1.29 is 4.42 Å². The molecule has 3 heterocycles. The van der Waals surface area contributed by atoms with Gasteiger partial charge in [0.2, 0.25) is 0 Å². The molecule has 0 aliphatic rings. The van der Waals surface area contributed by atoms with Crippen molar-refractivity contribution >= 4 is 76.3 Å². The minimum absolute atomic E-state index is 0.797. The summed E-state index contributed by atoms with van der Waals surface area (Å²) in [5.41, 5.74) is 7.43. The summed E-state index contributed by atoms with van der Waals surface area (Å²) in [6, 6.07) is 48.9. The first-order valence-electron chi connectivity index (χ1n) is 14.8. The third-order valence-corrected chi connectivity index (χ3v) is 8.94. The average Bonchev–Trinajstić information content (AvgIpc) is 3.61. The Morgan fingerprint density at radius 1 is 0.455 bits per heavy atom. The van der Waals surface area contributed by atoms with Crippen molar-refractivity contribution in [1.82, 2.24) is 14.5 Å². The first-order valence-corrected chi connectivity index (χ1v) is 14.8. The van der Waals surface area contributed by atoms with E-state index in [9.17, 15) is 0 Å². The van der Waals surface area contributed by atoms with Crippen LogP contribution in [0, 0.1) is 0 Å². The summed E-state index contributed by atoms with van der Waals surface area (Å²) in [6.07, 6.45) is 0. The van der Waals surface area contributed by atoms with Gasteiger partial charge in [-0.1, -0.05) is 97.1 Å². The minimum Gasteiger partial charge on any atom is -0.456 e. The third-order valence-electron chi connectivity index (χ3n) is 8.94. The van der Waals surface area contributed by atoms with Crippen LogP contribution >= 0.6 is 0 Å². The maximum absolute atomic E-state index is 6.32. The second-order valence-corrected chi connectivity index (χ2v) is 11.4. The number of para-hydroxylation sites is 3. The number of furan rings is 1. The van der Waals surface area contributed by atoms with Crippen LogP contribution in [-0.2, 0) is 0 Å². The van der Waals surface area contributed by atoms with Crippen LogP contribution in [0.4, 0.5) is 0 Å². The van der Waals surface area contributed by atoms with Crippen LogP contribution < -0.4 is 0 Å². The maximum Gasteiger partial charge on any atom is 0.165 e. The van der Waals surface area contributed by atoms with Gasteiger partial charge in [-0.25, -0.2) is 9.97 Å². The molecular weight excluding hydrogens is 538 g/mol. The van der Waals surface area contributed by atoms with Gasteiger partial charge in [-0.3, -0.25) is 4.57 Å². The van der Waals surface area contributed by atoms with Crippen LogP contribution in [0.3, 0.4) is 0 Å². The topological polar surface area (TPSA) is 43.9 Å². The molecule has 3 aromatic heterocycles. The van der Waals surface area contributed by atoms with Crippen molar-refractivity contribution in [2.75, 3.05) is 0 Å². The Hall–Kier alpha value is -6.00. The molecule has 0 spiro atoms. The van der Waals surface area contributed by atoms with E-state index in [0.717, 1.165) is 61.1 Å². The molecule has 10 aromatic rings. The van der Waals surface area contributed by atoms with Crippen molar-refractivity contribution in [3.63, 3.8) is 0 Å². The molecule has 0 saturated heterocycles. The lowest BCUT2D eigenvalue weighted by Crippen LogP contribution is -2.04. The van der Waals surface area contributed by atoms with E-state index in [-0.39, 0.29) is 0 Å². The monoisotopic (exact) mass is 561 g/mol. The molecule has 0 aliphatic heterocycles. The Morgan fingerprint density at radius 2 is 1.11 bits per heavy atom. The summed E-state index contributed by atoms with van der Waals surface area (Å²) in [4.78, 5) is 10.7. The number of nitrogens with zero attached hydrogens (tertiary/aromatic N) is 3. The Labute approximate surface area is 251 Å². The van der Waals surface area contributed by atoms with Crippen LogP contribution in [0.1, 0.15) is 0 Å². The summed E-state index contributed by atoms with van der Waals surface area (Å²) in [5, 5.41) is 9.36. The molecule has 0 fully saturated rings. The van der Waals surface area contributed by atoms with Gasteiger partial charge in [0.15, 0.2) is 5.82 Å². The molecule has 0 amide bonds. The number of fused-ring (bicyclic) bond motifs is 10. The summed E-state index contributed by atoms with van der Waals surface area (Å²) >= 11 is 0. The molecule has 204 valence electrons. The lowest BCUT2D eigenvalue weighted by atomic mass is 10.0. The zero-order valence-corrected chi connectivity index (χ0v) is 23.5. The zero-order chi connectivity index (χ0) is 28.8. The number of aromatic nitrogens is 3. The van der Waals surface area contributed by atoms with Gasteiger partial charge in [-0.2, -0.15) is 0 Å². The number of hydrogen-bond acceptors (Lipinski definition) is 3. The highest BCUT2D eigenvalue weighted by molar-refractivity contribution is 6.21. The fourth-order valence-electron chi connectivity index (χ4n) is 6.90. The minimum atomic E-state index is 0.797. The number of benzene rings is 7. The van der Waals surface area contributed by atoms with Gasteiger partial charge in [-0.05, 0) is 58.6 Å². The maximum atomic E-state index is 6.32. The van der Waals surface area contributed by atoms with Gasteiger partial charge < -0.3 is 4.42 Å². The van der Waals surface area contributed by atoms with Crippen LogP contribution in [-0.4, -0.2) is 14.5 Å². The third kappa shape index (κ3) is 3.28. The van der Waals surface area contributed by atoms with E-state index in [1.165, 1.54) is 32.3 Å². The summed E-state index contributed by atoms with van der Waals surface area (Å²) < 4.78 is 8.65. The largest absolute Gasteiger partial charge is 0.456 e. The van der Waals surface area contributed by atoms with Gasteiger partial charge in [0.1, 0.15) is 16.9 Å². The quantitative estimate of drug-likeness (QED) is 0.211. The summed E-state index contributed by atoms with van der Waals surface area (Å²) in [7, 11) is 0. The zero-order valence-electron chi connectivity index (χ0n) is 23.5. The highest BCUT2D eigenvalue weighted by Crippen LogP contribution is 2.41. The Kier molecular flexibility index (Phi) is 4.69. The average molecular weight is 562 g/mol. The second-order valence-electron chi connectivity index (χ2n) is 11.4. The highest BCUT2D eigenvalue weighted by atomic mass is 16.3. The smallest absolute Gasteiger partial charge is 0.165 e. The van der Waals surface area contributed by atoms with Gasteiger partial charge in [-0.15, -0.1) is 0 Å². The van der Waals surface area contributed by atoms with E-state index in [2.05, 4.69) is 108 Å². The predicted molar refractivity (Wildman–Crippen MR) is 182 cm³/mol. The van der Waals surface area contributed by atoms with E-state index < -0.39 is 0 Å². The molecule has 10 rings (SSSR count). The fraction of sp³-hybridized carbons (Fsp3) is 0. The van der Waals surface area contributed by atoms with Crippen LogP contribution in [0.2, 0.25) is 0 Å². The molecule has 0 unspecified atom stereocenters. The molecule has 44 heavy (non-hydrogen) atoms. The molecular formula is C40H23N3O. The van der Waals surface area contributed by atoms with E-state index in [1.807, 2.05) is 36.4 Å². The highest BCUT2D eigenvalue weighted by Gasteiger charge is 2.22. The summed E-state index contributed by atoms with van der Waals surface area (Å²) in [5.74, 6) is 0.797. The number of hydrogen-bond donors (Lipinski definition) is 0. The van der Waals surface area contributed by atoms with Crippen molar-refractivity contribution in [2.24, 2.45) is 0 Å². The first kappa shape index (κ1) is 23.6. The fourth-order valence-corrected chi connectivity index (χ4v) is 6.90.